The summed E-state index contributed by atoms with van der Waals surface area (Å²) in [6.07, 6.45) is 1.51. The SMILES string of the molecule is COCCC(=O)N1CCC2(CN(Cc3ccc(OC)c(F)c3)C2)C1. The van der Waals surface area contributed by atoms with Crippen LogP contribution in [0.3, 0.4) is 0 Å². The van der Waals surface area contributed by atoms with Gasteiger partial charge in [0.1, 0.15) is 0 Å². The molecule has 24 heavy (non-hydrogen) atoms. The van der Waals surface area contributed by atoms with Gasteiger partial charge in [-0.15, -0.1) is 0 Å². The van der Waals surface area contributed by atoms with E-state index >= 15 is 0 Å². The molecule has 0 N–H and O–H groups in total. The Bertz CT molecular complexity index is 602. The molecule has 0 bridgehead atoms. The first kappa shape index (κ1) is 17.2. The summed E-state index contributed by atoms with van der Waals surface area (Å²) in [5.74, 6) is 0.144. The number of ether oxygens (including phenoxy) is 2. The van der Waals surface area contributed by atoms with Crippen molar-refractivity contribution < 1.29 is 18.7 Å². The van der Waals surface area contributed by atoms with E-state index in [2.05, 4.69) is 4.90 Å². The zero-order chi connectivity index (χ0) is 17.2. The highest BCUT2D eigenvalue weighted by molar-refractivity contribution is 5.76. The number of benzene rings is 1. The molecule has 132 valence electrons. The summed E-state index contributed by atoms with van der Waals surface area (Å²) in [6, 6.07) is 5.12. The number of amides is 1. The molecule has 2 fully saturated rings. The van der Waals surface area contributed by atoms with Gasteiger partial charge in [-0.3, -0.25) is 9.69 Å². The molecule has 0 saturated carbocycles. The van der Waals surface area contributed by atoms with Gasteiger partial charge in [0.15, 0.2) is 11.6 Å². The second-order valence-electron chi connectivity index (χ2n) is 6.92. The van der Waals surface area contributed by atoms with Crippen LogP contribution < -0.4 is 4.74 Å². The van der Waals surface area contributed by atoms with Crippen molar-refractivity contribution in [2.45, 2.75) is 19.4 Å². The van der Waals surface area contributed by atoms with E-state index in [0.717, 1.165) is 44.7 Å². The number of nitrogens with zero attached hydrogens (tertiary/aromatic N) is 2. The Labute approximate surface area is 142 Å². The second-order valence-corrected chi connectivity index (χ2v) is 6.92. The van der Waals surface area contributed by atoms with Crippen LogP contribution in [0.5, 0.6) is 5.75 Å². The number of halogens is 1. The van der Waals surface area contributed by atoms with E-state index < -0.39 is 0 Å². The average Bonchev–Trinajstić information content (AvgIpc) is 2.98. The fraction of sp³-hybridized carbons (Fsp3) is 0.611. The fourth-order valence-electron chi connectivity index (χ4n) is 3.83. The molecule has 5 nitrogen and oxygen atoms in total. The van der Waals surface area contributed by atoms with Crippen LogP contribution in [-0.4, -0.2) is 62.7 Å². The Hall–Kier alpha value is -1.66. The lowest BCUT2D eigenvalue weighted by Crippen LogP contribution is -2.57. The van der Waals surface area contributed by atoms with Gasteiger partial charge in [-0.2, -0.15) is 0 Å². The summed E-state index contributed by atoms with van der Waals surface area (Å²) >= 11 is 0. The van der Waals surface area contributed by atoms with Crippen LogP contribution in [0, 0.1) is 11.2 Å². The van der Waals surface area contributed by atoms with E-state index in [1.54, 1.807) is 19.2 Å². The lowest BCUT2D eigenvalue weighted by Gasteiger charge is -2.48. The van der Waals surface area contributed by atoms with Crippen molar-refractivity contribution in [3.05, 3.63) is 29.6 Å². The van der Waals surface area contributed by atoms with E-state index in [4.69, 9.17) is 9.47 Å². The third-order valence-corrected chi connectivity index (χ3v) is 5.05. The summed E-state index contributed by atoms with van der Waals surface area (Å²) in [7, 11) is 3.08. The number of carbonyl (C=O) groups excluding carboxylic acids is 1. The predicted octanol–water partition coefficient (Wildman–Crippen LogP) is 1.91. The Morgan fingerprint density at radius 1 is 1.29 bits per heavy atom. The van der Waals surface area contributed by atoms with E-state index in [-0.39, 0.29) is 22.9 Å². The van der Waals surface area contributed by atoms with Gasteiger partial charge >= 0.3 is 0 Å². The summed E-state index contributed by atoms with van der Waals surface area (Å²) in [6.45, 7) is 4.83. The smallest absolute Gasteiger partial charge is 0.224 e. The number of methoxy groups -OCH3 is 2. The Morgan fingerprint density at radius 2 is 2.08 bits per heavy atom. The first-order valence-electron chi connectivity index (χ1n) is 8.37. The number of hydrogen-bond acceptors (Lipinski definition) is 4. The largest absolute Gasteiger partial charge is 0.494 e. The average molecular weight is 336 g/mol. The van der Waals surface area contributed by atoms with Crippen molar-refractivity contribution in [3.63, 3.8) is 0 Å². The minimum absolute atomic E-state index is 0.185. The number of rotatable bonds is 6. The van der Waals surface area contributed by atoms with Gasteiger partial charge in [0.05, 0.1) is 20.1 Å². The fourth-order valence-corrected chi connectivity index (χ4v) is 3.83. The molecule has 3 rings (SSSR count). The van der Waals surface area contributed by atoms with Crippen molar-refractivity contribution in [3.8, 4) is 5.75 Å². The molecule has 6 heteroatoms. The highest BCUT2D eigenvalue weighted by Crippen LogP contribution is 2.40. The number of likely N-dealkylation sites (tertiary alicyclic amines) is 2. The van der Waals surface area contributed by atoms with Gasteiger partial charge in [-0.25, -0.2) is 4.39 Å². The molecule has 1 spiro atoms. The summed E-state index contributed by atoms with van der Waals surface area (Å²) in [5, 5.41) is 0. The zero-order valence-corrected chi connectivity index (χ0v) is 14.4. The zero-order valence-electron chi connectivity index (χ0n) is 14.4. The van der Waals surface area contributed by atoms with E-state index in [0.29, 0.717) is 13.0 Å². The van der Waals surface area contributed by atoms with E-state index in [1.165, 1.54) is 7.11 Å². The third kappa shape index (κ3) is 3.54. The molecule has 0 radical (unpaired) electrons. The van der Waals surface area contributed by atoms with E-state index in [9.17, 15) is 9.18 Å². The quantitative estimate of drug-likeness (QED) is 0.796. The van der Waals surface area contributed by atoms with Crippen molar-refractivity contribution in [1.82, 2.24) is 9.80 Å². The van der Waals surface area contributed by atoms with Crippen molar-refractivity contribution >= 4 is 5.91 Å². The Balaban J connectivity index is 1.49. The van der Waals surface area contributed by atoms with Gasteiger partial charge in [-0.1, -0.05) is 6.07 Å². The van der Waals surface area contributed by atoms with Crippen LogP contribution in [-0.2, 0) is 16.1 Å². The van der Waals surface area contributed by atoms with Crippen molar-refractivity contribution in [1.29, 1.82) is 0 Å². The van der Waals surface area contributed by atoms with Gasteiger partial charge in [0.2, 0.25) is 5.91 Å². The Kier molecular flexibility index (Phi) is 5.06. The maximum absolute atomic E-state index is 13.8. The molecule has 0 unspecified atom stereocenters. The molecular weight excluding hydrogens is 311 g/mol. The topological polar surface area (TPSA) is 42.0 Å². The normalized spacial score (nSPS) is 19.5. The maximum atomic E-state index is 13.8. The monoisotopic (exact) mass is 336 g/mol. The van der Waals surface area contributed by atoms with Crippen LogP contribution in [0.15, 0.2) is 18.2 Å². The number of carbonyl (C=O) groups is 1. The molecule has 1 amide bonds. The third-order valence-electron chi connectivity index (χ3n) is 5.05. The highest BCUT2D eigenvalue weighted by atomic mass is 19.1. The summed E-state index contributed by atoms with van der Waals surface area (Å²) < 4.78 is 23.7. The Morgan fingerprint density at radius 3 is 2.75 bits per heavy atom. The minimum atomic E-state index is -0.319. The van der Waals surface area contributed by atoms with Crippen LogP contribution >= 0.6 is 0 Å². The number of hydrogen-bond donors (Lipinski definition) is 0. The molecule has 2 aliphatic heterocycles. The standard InChI is InChI=1S/C18H25FN2O3/c1-23-8-5-17(22)21-7-6-18(13-21)11-20(12-18)10-14-3-4-16(24-2)15(19)9-14/h3-4,9H,5-8,10-13H2,1-2H3. The molecule has 0 atom stereocenters. The molecule has 2 aliphatic rings. The lowest BCUT2D eigenvalue weighted by molar-refractivity contribution is -0.132. The summed E-state index contributed by atoms with van der Waals surface area (Å²) in [5.41, 5.74) is 1.18. The first-order chi connectivity index (χ1) is 11.5. The molecule has 2 saturated heterocycles. The van der Waals surface area contributed by atoms with Crippen molar-refractivity contribution in [2.24, 2.45) is 5.41 Å². The lowest BCUT2D eigenvalue weighted by atomic mass is 9.79. The van der Waals surface area contributed by atoms with Crippen LogP contribution in [0.4, 0.5) is 4.39 Å². The first-order valence-corrected chi connectivity index (χ1v) is 8.37. The van der Waals surface area contributed by atoms with Gasteiger partial charge < -0.3 is 14.4 Å². The molecule has 1 aromatic carbocycles. The van der Waals surface area contributed by atoms with Gasteiger partial charge in [0.25, 0.3) is 0 Å². The molecule has 1 aromatic rings. The van der Waals surface area contributed by atoms with Crippen LogP contribution in [0.1, 0.15) is 18.4 Å². The molecule has 0 aromatic heterocycles. The second kappa shape index (κ2) is 7.07. The van der Waals surface area contributed by atoms with Crippen molar-refractivity contribution in [2.75, 3.05) is 47.0 Å². The van der Waals surface area contributed by atoms with Gasteiger partial charge in [-0.05, 0) is 24.1 Å². The van der Waals surface area contributed by atoms with Gasteiger partial charge in [0, 0.05) is 45.2 Å². The molecule has 2 heterocycles. The highest BCUT2D eigenvalue weighted by Gasteiger charge is 2.48. The van der Waals surface area contributed by atoms with E-state index in [1.807, 2.05) is 11.0 Å². The van der Waals surface area contributed by atoms with Crippen LogP contribution in [0.2, 0.25) is 0 Å². The minimum Gasteiger partial charge on any atom is -0.494 e. The summed E-state index contributed by atoms with van der Waals surface area (Å²) in [4.78, 5) is 16.4. The molecule has 0 aliphatic carbocycles. The maximum Gasteiger partial charge on any atom is 0.224 e. The predicted molar refractivity (Wildman–Crippen MR) is 88.4 cm³/mol. The van der Waals surface area contributed by atoms with Crippen LogP contribution in [0.25, 0.3) is 0 Å². The molecular formula is C18H25FN2O3.